The van der Waals surface area contributed by atoms with Crippen molar-refractivity contribution in [3.63, 3.8) is 0 Å². The van der Waals surface area contributed by atoms with Crippen molar-refractivity contribution in [2.75, 3.05) is 43.6 Å². The number of thiol groups is 1. The van der Waals surface area contributed by atoms with E-state index in [1.54, 1.807) is 0 Å². The number of rotatable bonds is 3. The summed E-state index contributed by atoms with van der Waals surface area (Å²) in [5.41, 5.74) is 1.51. The maximum Gasteiger partial charge on any atom is 0.142 e. The minimum absolute atomic E-state index is 0.277. The lowest BCUT2D eigenvalue weighted by Gasteiger charge is -2.40. The fourth-order valence-corrected chi connectivity index (χ4v) is 3.55. The number of benzene rings is 1. The molecule has 1 saturated heterocycles. The monoisotopic (exact) mass is 293 g/mol. The third-order valence-corrected chi connectivity index (χ3v) is 5.12. The maximum absolute atomic E-state index is 5.85. The zero-order chi connectivity index (χ0) is 13.8. The molecule has 0 radical (unpaired) electrons. The zero-order valence-electron chi connectivity index (χ0n) is 11.9. The molecular weight excluding hydrogens is 270 g/mol. The smallest absolute Gasteiger partial charge is 0.142 e. The Morgan fingerprint density at radius 1 is 1.15 bits per heavy atom. The van der Waals surface area contributed by atoms with Crippen LogP contribution in [0.5, 0.6) is 5.75 Å². The van der Waals surface area contributed by atoms with Gasteiger partial charge in [-0.25, -0.2) is 0 Å². The number of ether oxygens (including phenoxy) is 2. The molecule has 2 heterocycles. The lowest BCUT2D eigenvalue weighted by molar-refractivity contribution is 0.0296. The molecule has 2 aliphatic rings. The Hall–Kier alpha value is -0.870. The number of para-hydroxylation sites is 2. The predicted molar refractivity (Wildman–Crippen MR) is 85.1 cm³/mol. The van der Waals surface area contributed by atoms with Gasteiger partial charge in [0, 0.05) is 31.7 Å². The van der Waals surface area contributed by atoms with Gasteiger partial charge in [0.05, 0.1) is 12.3 Å². The lowest BCUT2D eigenvalue weighted by atomic mass is 9.81. The van der Waals surface area contributed by atoms with E-state index in [0.29, 0.717) is 0 Å². The Bertz CT molecular complexity index is 446. The first kappa shape index (κ1) is 14.1. The second-order valence-corrected chi connectivity index (χ2v) is 6.18. The van der Waals surface area contributed by atoms with Crippen LogP contribution in [0.3, 0.4) is 0 Å². The van der Waals surface area contributed by atoms with E-state index >= 15 is 0 Å². The van der Waals surface area contributed by atoms with E-state index in [2.05, 4.69) is 35.7 Å². The van der Waals surface area contributed by atoms with Gasteiger partial charge in [-0.3, -0.25) is 0 Å². The van der Waals surface area contributed by atoms with Crippen LogP contribution in [0, 0.1) is 5.41 Å². The molecule has 2 aliphatic heterocycles. The Morgan fingerprint density at radius 2 is 1.95 bits per heavy atom. The van der Waals surface area contributed by atoms with Crippen molar-refractivity contribution in [3.8, 4) is 5.75 Å². The van der Waals surface area contributed by atoms with E-state index < -0.39 is 0 Å². The van der Waals surface area contributed by atoms with Gasteiger partial charge in [-0.05, 0) is 37.1 Å². The van der Waals surface area contributed by atoms with Gasteiger partial charge in [0.25, 0.3) is 0 Å². The molecule has 110 valence electrons. The van der Waals surface area contributed by atoms with E-state index in [1.807, 2.05) is 6.07 Å². The van der Waals surface area contributed by atoms with Crippen LogP contribution in [0.15, 0.2) is 24.3 Å². The first-order valence-electron chi connectivity index (χ1n) is 7.48. The van der Waals surface area contributed by atoms with Crippen molar-refractivity contribution in [2.45, 2.75) is 19.3 Å². The Labute approximate surface area is 126 Å². The fourth-order valence-electron chi connectivity index (χ4n) is 3.14. The van der Waals surface area contributed by atoms with Crippen LogP contribution in [0.2, 0.25) is 0 Å². The molecule has 0 aromatic heterocycles. The van der Waals surface area contributed by atoms with Crippen LogP contribution in [0.4, 0.5) is 5.69 Å². The fraction of sp³-hybridized carbons (Fsp3) is 0.625. The van der Waals surface area contributed by atoms with Gasteiger partial charge in [0.2, 0.25) is 0 Å². The van der Waals surface area contributed by atoms with Gasteiger partial charge in [0.1, 0.15) is 5.75 Å². The van der Waals surface area contributed by atoms with Crippen molar-refractivity contribution in [3.05, 3.63) is 24.3 Å². The van der Waals surface area contributed by atoms with Gasteiger partial charge in [-0.1, -0.05) is 12.1 Å². The normalized spacial score (nSPS) is 21.8. The molecule has 0 bridgehead atoms. The molecule has 3 rings (SSSR count). The maximum atomic E-state index is 5.85. The second-order valence-electron chi connectivity index (χ2n) is 5.86. The number of hydrogen-bond acceptors (Lipinski definition) is 4. The highest BCUT2D eigenvalue weighted by molar-refractivity contribution is 7.80. The molecule has 0 saturated carbocycles. The van der Waals surface area contributed by atoms with E-state index in [-0.39, 0.29) is 5.41 Å². The van der Waals surface area contributed by atoms with Crippen LogP contribution >= 0.6 is 12.6 Å². The van der Waals surface area contributed by atoms with Crippen molar-refractivity contribution < 1.29 is 9.47 Å². The first-order valence-corrected chi connectivity index (χ1v) is 8.12. The summed E-state index contributed by atoms with van der Waals surface area (Å²) in [4.78, 5) is 2.49. The molecule has 1 aromatic carbocycles. The molecule has 0 unspecified atom stereocenters. The summed E-state index contributed by atoms with van der Waals surface area (Å²) in [7, 11) is 0. The molecule has 0 spiro atoms. The Morgan fingerprint density at radius 3 is 2.75 bits per heavy atom. The minimum Gasteiger partial charge on any atom is -0.491 e. The highest BCUT2D eigenvalue weighted by Gasteiger charge is 2.34. The number of hydrogen-bond donors (Lipinski definition) is 1. The van der Waals surface area contributed by atoms with Gasteiger partial charge in [-0.15, -0.1) is 0 Å². The largest absolute Gasteiger partial charge is 0.491 e. The van der Waals surface area contributed by atoms with Gasteiger partial charge in [-0.2, -0.15) is 12.6 Å². The predicted octanol–water partition coefficient (Wildman–Crippen LogP) is 3.00. The van der Waals surface area contributed by atoms with E-state index in [1.165, 1.54) is 5.69 Å². The van der Waals surface area contributed by atoms with Crippen molar-refractivity contribution in [1.82, 2.24) is 0 Å². The highest BCUT2D eigenvalue weighted by atomic mass is 32.1. The summed E-state index contributed by atoms with van der Waals surface area (Å²) < 4.78 is 11.4. The van der Waals surface area contributed by atoms with Crippen molar-refractivity contribution in [2.24, 2.45) is 5.41 Å². The standard InChI is InChI=1S/C16H23NO2S/c20-13-16(6-10-18-11-7-16)12-17-8-3-9-19-15-5-2-1-4-14(15)17/h1-2,4-5,20H,3,6-13H2. The summed E-state index contributed by atoms with van der Waals surface area (Å²) in [5, 5.41) is 0. The summed E-state index contributed by atoms with van der Waals surface area (Å²) in [6, 6.07) is 8.39. The van der Waals surface area contributed by atoms with Crippen LogP contribution in [-0.4, -0.2) is 38.7 Å². The van der Waals surface area contributed by atoms with Crippen molar-refractivity contribution >= 4 is 18.3 Å². The second kappa shape index (κ2) is 6.27. The van der Waals surface area contributed by atoms with Crippen LogP contribution in [-0.2, 0) is 4.74 Å². The molecule has 1 aromatic rings. The van der Waals surface area contributed by atoms with Crippen LogP contribution in [0.1, 0.15) is 19.3 Å². The average molecular weight is 293 g/mol. The molecular formula is C16H23NO2S. The molecule has 1 fully saturated rings. The SMILES string of the molecule is SCC1(CN2CCCOc3ccccc32)CCOCC1. The zero-order valence-corrected chi connectivity index (χ0v) is 12.8. The van der Waals surface area contributed by atoms with Crippen LogP contribution in [0.25, 0.3) is 0 Å². The molecule has 20 heavy (non-hydrogen) atoms. The van der Waals surface area contributed by atoms with E-state index in [0.717, 1.165) is 63.7 Å². The van der Waals surface area contributed by atoms with Gasteiger partial charge < -0.3 is 14.4 Å². The summed E-state index contributed by atoms with van der Waals surface area (Å²) >= 11 is 4.63. The molecule has 3 nitrogen and oxygen atoms in total. The summed E-state index contributed by atoms with van der Waals surface area (Å²) in [5.74, 6) is 1.95. The van der Waals surface area contributed by atoms with E-state index in [4.69, 9.17) is 9.47 Å². The molecule has 0 amide bonds. The summed E-state index contributed by atoms with van der Waals surface area (Å²) in [6.07, 6.45) is 3.29. The number of anilines is 1. The third-order valence-electron chi connectivity index (χ3n) is 4.45. The average Bonchev–Trinajstić information content (AvgIpc) is 2.71. The lowest BCUT2D eigenvalue weighted by Crippen LogP contribution is -2.43. The highest BCUT2D eigenvalue weighted by Crippen LogP contribution is 2.37. The summed E-state index contributed by atoms with van der Waals surface area (Å²) in [6.45, 7) is 4.66. The molecule has 4 heteroatoms. The van der Waals surface area contributed by atoms with Crippen LogP contribution < -0.4 is 9.64 Å². The molecule has 0 N–H and O–H groups in total. The van der Waals surface area contributed by atoms with Gasteiger partial charge >= 0.3 is 0 Å². The van der Waals surface area contributed by atoms with E-state index in [9.17, 15) is 0 Å². The van der Waals surface area contributed by atoms with Crippen molar-refractivity contribution in [1.29, 1.82) is 0 Å². The number of nitrogens with zero attached hydrogens (tertiary/aromatic N) is 1. The minimum atomic E-state index is 0.277. The Balaban J connectivity index is 1.82. The topological polar surface area (TPSA) is 21.7 Å². The molecule has 0 atom stereocenters. The number of fused-ring (bicyclic) bond motifs is 1. The molecule has 0 aliphatic carbocycles. The van der Waals surface area contributed by atoms with Gasteiger partial charge in [0.15, 0.2) is 0 Å². The first-order chi connectivity index (χ1) is 9.83. The Kier molecular flexibility index (Phi) is 4.41. The third kappa shape index (κ3) is 2.91. The quantitative estimate of drug-likeness (QED) is 0.866.